The van der Waals surface area contributed by atoms with Crippen molar-refractivity contribution in [3.63, 3.8) is 0 Å². The summed E-state index contributed by atoms with van der Waals surface area (Å²) in [5.74, 6) is -0.0366. The molecule has 1 N–H and O–H groups in total. The summed E-state index contributed by atoms with van der Waals surface area (Å²) in [4.78, 5) is 34.6. The van der Waals surface area contributed by atoms with Crippen LogP contribution in [-0.4, -0.2) is 42.0 Å². The summed E-state index contributed by atoms with van der Waals surface area (Å²) in [5, 5.41) is 2.71. The molecule has 0 atom stereocenters. The van der Waals surface area contributed by atoms with Gasteiger partial charge in [0.2, 0.25) is 0 Å². The Kier molecular flexibility index (Phi) is 5.23. The Morgan fingerprint density at radius 1 is 1.12 bits per heavy atom. The zero-order valence-electron chi connectivity index (χ0n) is 14.1. The number of carbonyl (C=O) groups excluding carboxylic acids is 2. The van der Waals surface area contributed by atoms with E-state index in [0.29, 0.717) is 11.3 Å². The number of rotatable bonds is 4. The number of hydrogen-bond acceptors (Lipinski definition) is 6. The van der Waals surface area contributed by atoms with E-state index in [0.717, 1.165) is 31.7 Å². The Balaban J connectivity index is 1.68. The molecule has 0 unspecified atom stereocenters. The maximum absolute atomic E-state index is 12.3. The molecule has 1 aromatic heterocycles. The molecule has 1 aliphatic rings. The van der Waals surface area contributed by atoms with E-state index >= 15 is 0 Å². The van der Waals surface area contributed by atoms with Gasteiger partial charge in [-0.05, 0) is 37.5 Å². The molecule has 1 aromatic carbocycles. The lowest BCUT2D eigenvalue weighted by atomic mass is 10.1. The molecule has 0 bridgehead atoms. The highest BCUT2D eigenvalue weighted by atomic mass is 16.5. The second-order valence-electron chi connectivity index (χ2n) is 5.83. The summed E-state index contributed by atoms with van der Waals surface area (Å²) in [7, 11) is 1.31. The van der Waals surface area contributed by atoms with Gasteiger partial charge in [-0.25, -0.2) is 14.8 Å². The standard InChI is InChI=1S/C18H20N4O3/c1-25-18(24)13-6-5-7-14(10-13)21-17(23)15-11-20-16(12-19-15)22-8-3-2-4-9-22/h5-7,10-12H,2-4,8-9H2,1H3,(H,21,23). The normalized spacial score (nSPS) is 14.0. The molecule has 1 amide bonds. The first-order valence-electron chi connectivity index (χ1n) is 8.24. The van der Waals surface area contributed by atoms with Crippen LogP contribution in [0, 0.1) is 0 Å². The molecule has 1 saturated heterocycles. The summed E-state index contributed by atoms with van der Waals surface area (Å²) in [6.45, 7) is 1.95. The van der Waals surface area contributed by atoms with Crippen LogP contribution in [0.25, 0.3) is 0 Å². The molecule has 7 nitrogen and oxygen atoms in total. The van der Waals surface area contributed by atoms with Crippen molar-refractivity contribution in [1.29, 1.82) is 0 Å². The van der Waals surface area contributed by atoms with Crippen LogP contribution < -0.4 is 10.2 Å². The van der Waals surface area contributed by atoms with Crippen LogP contribution in [0.4, 0.5) is 11.5 Å². The van der Waals surface area contributed by atoms with Crippen LogP contribution in [0.15, 0.2) is 36.7 Å². The third kappa shape index (κ3) is 4.12. The van der Waals surface area contributed by atoms with Gasteiger partial charge in [0.1, 0.15) is 11.5 Å². The number of aromatic nitrogens is 2. The lowest BCUT2D eigenvalue weighted by Crippen LogP contribution is -2.30. The number of esters is 1. The second-order valence-corrected chi connectivity index (χ2v) is 5.83. The number of carbonyl (C=O) groups is 2. The number of anilines is 2. The maximum atomic E-state index is 12.3. The fourth-order valence-electron chi connectivity index (χ4n) is 2.76. The molecule has 1 aliphatic heterocycles. The first-order chi connectivity index (χ1) is 12.2. The molecule has 0 saturated carbocycles. The van der Waals surface area contributed by atoms with E-state index in [1.54, 1.807) is 30.5 Å². The Bertz CT molecular complexity index is 755. The molecule has 2 heterocycles. The lowest BCUT2D eigenvalue weighted by Gasteiger charge is -2.27. The number of nitrogens with one attached hydrogen (secondary N) is 1. The quantitative estimate of drug-likeness (QED) is 0.861. The number of hydrogen-bond donors (Lipinski definition) is 1. The molecular weight excluding hydrogens is 320 g/mol. The van der Waals surface area contributed by atoms with Gasteiger partial charge in [0.05, 0.1) is 25.1 Å². The number of amides is 1. The Hall–Kier alpha value is -2.96. The maximum Gasteiger partial charge on any atom is 0.337 e. The second kappa shape index (κ2) is 7.74. The van der Waals surface area contributed by atoms with Crippen LogP contribution >= 0.6 is 0 Å². The van der Waals surface area contributed by atoms with Crippen molar-refractivity contribution in [3.05, 3.63) is 47.9 Å². The molecular formula is C18H20N4O3. The van der Waals surface area contributed by atoms with Gasteiger partial charge in [-0.3, -0.25) is 4.79 Å². The van der Waals surface area contributed by atoms with Gasteiger partial charge in [0, 0.05) is 18.8 Å². The highest BCUT2D eigenvalue weighted by Crippen LogP contribution is 2.17. The first-order valence-corrected chi connectivity index (χ1v) is 8.24. The number of methoxy groups -OCH3 is 1. The monoisotopic (exact) mass is 340 g/mol. The minimum Gasteiger partial charge on any atom is -0.465 e. The topological polar surface area (TPSA) is 84.4 Å². The smallest absolute Gasteiger partial charge is 0.337 e. The minimum atomic E-state index is -0.457. The number of nitrogens with zero attached hydrogens (tertiary/aromatic N) is 3. The fourth-order valence-corrected chi connectivity index (χ4v) is 2.76. The van der Waals surface area contributed by atoms with Gasteiger partial charge < -0.3 is 15.0 Å². The van der Waals surface area contributed by atoms with E-state index in [1.807, 2.05) is 0 Å². The van der Waals surface area contributed by atoms with E-state index in [1.165, 1.54) is 19.7 Å². The molecule has 130 valence electrons. The van der Waals surface area contributed by atoms with Crippen molar-refractivity contribution in [2.24, 2.45) is 0 Å². The fraction of sp³-hybridized carbons (Fsp3) is 0.333. The van der Waals surface area contributed by atoms with E-state index in [-0.39, 0.29) is 11.6 Å². The highest BCUT2D eigenvalue weighted by Gasteiger charge is 2.15. The predicted octanol–water partition coefficient (Wildman–Crippen LogP) is 2.51. The Labute approximate surface area is 146 Å². The summed E-state index contributed by atoms with van der Waals surface area (Å²) in [6, 6.07) is 6.54. The van der Waals surface area contributed by atoms with Crippen molar-refractivity contribution in [1.82, 2.24) is 9.97 Å². The van der Waals surface area contributed by atoms with E-state index in [4.69, 9.17) is 0 Å². The Morgan fingerprint density at radius 2 is 1.92 bits per heavy atom. The van der Waals surface area contributed by atoms with Gasteiger partial charge in [-0.15, -0.1) is 0 Å². The lowest BCUT2D eigenvalue weighted by molar-refractivity contribution is 0.0600. The molecule has 7 heteroatoms. The van der Waals surface area contributed by atoms with Crippen molar-refractivity contribution in [2.45, 2.75) is 19.3 Å². The third-order valence-corrected chi connectivity index (χ3v) is 4.09. The van der Waals surface area contributed by atoms with Gasteiger partial charge in [-0.2, -0.15) is 0 Å². The van der Waals surface area contributed by atoms with Crippen molar-refractivity contribution >= 4 is 23.4 Å². The number of benzene rings is 1. The largest absolute Gasteiger partial charge is 0.465 e. The molecule has 0 aliphatic carbocycles. The summed E-state index contributed by atoms with van der Waals surface area (Å²) in [5.41, 5.74) is 1.09. The predicted molar refractivity (Wildman–Crippen MR) is 93.8 cm³/mol. The summed E-state index contributed by atoms with van der Waals surface area (Å²) < 4.78 is 4.67. The first kappa shape index (κ1) is 16.9. The van der Waals surface area contributed by atoms with Crippen molar-refractivity contribution in [2.75, 3.05) is 30.4 Å². The zero-order chi connectivity index (χ0) is 17.6. The SMILES string of the molecule is COC(=O)c1cccc(NC(=O)c2cnc(N3CCCCC3)cn2)c1. The van der Waals surface area contributed by atoms with Crippen LogP contribution in [0.1, 0.15) is 40.1 Å². The summed E-state index contributed by atoms with van der Waals surface area (Å²) in [6.07, 6.45) is 6.66. The van der Waals surface area contributed by atoms with Crippen molar-refractivity contribution < 1.29 is 14.3 Å². The van der Waals surface area contributed by atoms with E-state index in [9.17, 15) is 9.59 Å². The van der Waals surface area contributed by atoms with Crippen LogP contribution in [0.2, 0.25) is 0 Å². The number of piperidine rings is 1. The molecule has 1 fully saturated rings. The molecule has 25 heavy (non-hydrogen) atoms. The minimum absolute atomic E-state index is 0.226. The zero-order valence-corrected chi connectivity index (χ0v) is 14.1. The number of ether oxygens (including phenoxy) is 1. The van der Waals surface area contributed by atoms with Gasteiger partial charge in [0.25, 0.3) is 5.91 Å². The Morgan fingerprint density at radius 3 is 2.60 bits per heavy atom. The average Bonchev–Trinajstić information content (AvgIpc) is 2.68. The molecule has 3 rings (SSSR count). The van der Waals surface area contributed by atoms with Crippen molar-refractivity contribution in [3.8, 4) is 0 Å². The van der Waals surface area contributed by atoms with Crippen LogP contribution in [-0.2, 0) is 4.74 Å². The highest BCUT2D eigenvalue weighted by molar-refractivity contribution is 6.03. The van der Waals surface area contributed by atoms with Crippen LogP contribution in [0.3, 0.4) is 0 Å². The molecule has 0 spiro atoms. The van der Waals surface area contributed by atoms with E-state index < -0.39 is 5.97 Å². The van der Waals surface area contributed by atoms with Gasteiger partial charge in [-0.1, -0.05) is 6.07 Å². The van der Waals surface area contributed by atoms with Gasteiger partial charge >= 0.3 is 5.97 Å². The summed E-state index contributed by atoms with van der Waals surface area (Å²) >= 11 is 0. The van der Waals surface area contributed by atoms with Crippen LogP contribution in [0.5, 0.6) is 0 Å². The van der Waals surface area contributed by atoms with E-state index in [2.05, 4.69) is 24.9 Å². The molecule has 2 aromatic rings. The molecule has 0 radical (unpaired) electrons. The third-order valence-electron chi connectivity index (χ3n) is 4.09. The average molecular weight is 340 g/mol. The van der Waals surface area contributed by atoms with Gasteiger partial charge in [0.15, 0.2) is 0 Å².